The van der Waals surface area contributed by atoms with Crippen LogP contribution in [0.2, 0.25) is 18.6 Å². The van der Waals surface area contributed by atoms with Crippen LogP contribution in [0, 0.1) is 5.92 Å². The lowest BCUT2D eigenvalue weighted by Gasteiger charge is -2.32. The maximum atomic E-state index is 14.2. The van der Waals surface area contributed by atoms with Gasteiger partial charge in [-0.1, -0.05) is 66.7 Å². The van der Waals surface area contributed by atoms with Crippen LogP contribution in [0.4, 0.5) is 17.1 Å². The number of aliphatic hydroxyl groups excluding tert-OH is 1. The van der Waals surface area contributed by atoms with Gasteiger partial charge in [0.05, 0.1) is 35.6 Å². The van der Waals surface area contributed by atoms with Crippen molar-refractivity contribution in [2.45, 2.75) is 56.1 Å². The van der Waals surface area contributed by atoms with E-state index >= 15 is 0 Å². The van der Waals surface area contributed by atoms with Crippen molar-refractivity contribution < 1.29 is 29.0 Å². The van der Waals surface area contributed by atoms with Crippen molar-refractivity contribution in [3.8, 4) is 11.5 Å². The largest absolute Gasteiger partial charge is 0.454 e. The molecule has 0 radical (unpaired) electrons. The number of benzene rings is 4. The normalized spacial score (nSPS) is 22.9. The number of anilines is 3. The highest BCUT2D eigenvalue weighted by atomic mass is 28.4. The molecule has 1 aromatic heterocycles. The molecule has 1 fully saturated rings. The third-order valence-electron chi connectivity index (χ3n) is 10.6. The molecule has 1 unspecified atom stereocenters. The van der Waals surface area contributed by atoms with Gasteiger partial charge >= 0.3 is 0 Å². The van der Waals surface area contributed by atoms with Gasteiger partial charge in [-0.2, -0.15) is 0 Å². The van der Waals surface area contributed by atoms with Gasteiger partial charge in [0, 0.05) is 41.1 Å². The fraction of sp³-hybridized carbons (Fsp3) is 0.282. The summed E-state index contributed by atoms with van der Waals surface area (Å²) >= 11 is 0. The van der Waals surface area contributed by atoms with Gasteiger partial charge in [-0.05, 0) is 67.5 Å². The predicted octanol–water partition coefficient (Wildman–Crippen LogP) is 6.33. The zero-order valence-corrected chi connectivity index (χ0v) is 29.6. The van der Waals surface area contributed by atoms with Gasteiger partial charge in [-0.3, -0.25) is 19.2 Å². The molecular weight excluding hydrogens is 663 g/mol. The van der Waals surface area contributed by atoms with Crippen molar-refractivity contribution in [1.29, 1.82) is 0 Å². The molecule has 1 spiro atoms. The summed E-state index contributed by atoms with van der Waals surface area (Å²) in [5, 5.41) is 21.9. The minimum Gasteiger partial charge on any atom is -0.454 e. The van der Waals surface area contributed by atoms with Crippen LogP contribution in [-0.2, 0) is 21.7 Å². The maximum absolute atomic E-state index is 14.2. The number of nitrogens with one attached hydrogen (secondary N) is 1. The summed E-state index contributed by atoms with van der Waals surface area (Å²) in [4.78, 5) is 41.6. The zero-order valence-electron chi connectivity index (χ0n) is 28.6. The number of carbonyl (C=O) groups excluding carboxylic acids is 2. The number of aryl methyl sites for hydroxylation is 1. The van der Waals surface area contributed by atoms with E-state index in [-0.39, 0.29) is 35.8 Å². The Bertz CT molecular complexity index is 2130. The number of para-hydroxylation sites is 3. The highest BCUT2D eigenvalue weighted by Gasteiger charge is 2.64. The highest BCUT2D eigenvalue weighted by molar-refractivity contribution is 6.71. The van der Waals surface area contributed by atoms with E-state index in [4.69, 9.17) is 9.47 Å². The van der Waals surface area contributed by atoms with Gasteiger partial charge in [0.2, 0.25) is 0 Å². The second-order valence-corrected chi connectivity index (χ2v) is 18.1. The number of rotatable bonds is 8. The van der Waals surface area contributed by atoms with E-state index in [1.807, 2.05) is 105 Å². The van der Waals surface area contributed by atoms with Crippen molar-refractivity contribution in [1.82, 2.24) is 15.0 Å². The smallest absolute Gasteiger partial charge is 0.266 e. The first-order valence-corrected chi connectivity index (χ1v) is 20.2. The molecule has 0 saturated carbocycles. The van der Waals surface area contributed by atoms with Crippen LogP contribution >= 0.6 is 0 Å². The average molecular weight is 702 g/mol. The third kappa shape index (κ3) is 5.46. The Labute approximate surface area is 296 Å². The van der Waals surface area contributed by atoms with Crippen LogP contribution in [0.1, 0.15) is 46.4 Å². The number of aliphatic hydroxyl groups is 1. The average Bonchev–Trinajstić information content (AvgIpc) is 3.77. The first-order valence-electron chi connectivity index (χ1n) is 17.2. The fourth-order valence-corrected chi connectivity index (χ4v) is 10.9. The number of aromatic nitrogens is 3. The Hall–Kier alpha value is -5.14. The lowest BCUT2D eigenvalue weighted by Crippen LogP contribution is -2.43. The highest BCUT2D eigenvalue weighted by Crippen LogP contribution is 2.59. The number of amides is 2. The minimum absolute atomic E-state index is 0.106. The Morgan fingerprint density at radius 1 is 0.961 bits per heavy atom. The van der Waals surface area contributed by atoms with Crippen LogP contribution in [0.15, 0.2) is 103 Å². The quantitative estimate of drug-likeness (QED) is 0.160. The molecule has 1 saturated heterocycles. The van der Waals surface area contributed by atoms with Gasteiger partial charge in [0.1, 0.15) is 5.75 Å². The Morgan fingerprint density at radius 3 is 2.45 bits per heavy atom. The summed E-state index contributed by atoms with van der Waals surface area (Å²) in [6, 6.07) is 29.7. The summed E-state index contributed by atoms with van der Waals surface area (Å²) < 4.78 is 14.9. The molecule has 4 heterocycles. The number of fused-ring (bicyclic) bond motifs is 4. The summed E-state index contributed by atoms with van der Waals surface area (Å²) in [5.74, 6) is -0.245. The van der Waals surface area contributed by atoms with Crippen LogP contribution in [0.25, 0.3) is 0 Å². The molecule has 0 bridgehead atoms. The Balaban J connectivity index is 1.13. The van der Waals surface area contributed by atoms with E-state index in [0.29, 0.717) is 58.3 Å². The molecule has 8 rings (SSSR count). The molecule has 260 valence electrons. The second-order valence-electron chi connectivity index (χ2n) is 14.1. The number of hydrogen-bond acceptors (Lipinski definition) is 8. The van der Waals surface area contributed by atoms with Crippen molar-refractivity contribution in [3.63, 3.8) is 0 Å². The molecule has 2 amide bonds. The maximum Gasteiger partial charge on any atom is 0.266 e. The minimum atomic E-state index is -2.91. The number of hydrogen-bond donors (Lipinski definition) is 3. The standard InChI is InChI=1S/C39H39N5O6Si/c1-24-36(51(2,3)48)35(19-20-43-22-31(41-42-43)28(23-45)25-11-5-4-6-12-25)50-39(24)29-21-26(17-18-30(29)40-38(39)47)44-32-14-8-10-16-34(32)49-33-15-9-7-13-27(33)37(44)46/h4-18,21-22,24,28,35-36,45,48H,19-20,23H2,1-3H3,(H,40,47)/t24-,28?,35+,36-,39+/m0/s1. The summed E-state index contributed by atoms with van der Waals surface area (Å²) in [5.41, 5.74) is 2.71. The molecule has 12 heteroatoms. The molecule has 3 aliphatic heterocycles. The van der Waals surface area contributed by atoms with E-state index in [9.17, 15) is 19.5 Å². The van der Waals surface area contributed by atoms with Crippen LogP contribution < -0.4 is 15.0 Å². The van der Waals surface area contributed by atoms with Gasteiger partial charge in [-0.25, -0.2) is 0 Å². The van der Waals surface area contributed by atoms with E-state index < -0.39 is 20.0 Å². The summed E-state index contributed by atoms with van der Waals surface area (Å²) in [7, 11) is -2.91. The topological polar surface area (TPSA) is 139 Å². The van der Waals surface area contributed by atoms with Crippen molar-refractivity contribution in [3.05, 3.63) is 126 Å². The summed E-state index contributed by atoms with van der Waals surface area (Å²) in [6.45, 7) is 6.08. The molecule has 0 aliphatic carbocycles. The van der Waals surface area contributed by atoms with Crippen LogP contribution in [0.5, 0.6) is 11.5 Å². The third-order valence-corrected chi connectivity index (χ3v) is 13.1. The number of ether oxygens (including phenoxy) is 2. The lowest BCUT2D eigenvalue weighted by atomic mass is 9.82. The predicted molar refractivity (Wildman–Crippen MR) is 194 cm³/mol. The van der Waals surface area contributed by atoms with Crippen LogP contribution in [0.3, 0.4) is 0 Å². The fourth-order valence-electron chi connectivity index (χ4n) is 8.26. The second kappa shape index (κ2) is 12.6. The van der Waals surface area contributed by atoms with Crippen molar-refractivity contribution >= 4 is 37.2 Å². The zero-order chi connectivity index (χ0) is 35.5. The van der Waals surface area contributed by atoms with Crippen molar-refractivity contribution in [2.24, 2.45) is 5.92 Å². The molecule has 4 aromatic carbocycles. The molecular formula is C39H39N5O6Si. The van der Waals surface area contributed by atoms with E-state index in [0.717, 1.165) is 5.56 Å². The SMILES string of the molecule is C[C@H]1[C@H]([Si](C)(C)O)[C@@H](CCn2cc(C(CO)c3ccccc3)nn2)O[C@]12C(=O)Nc1ccc(N3C(=O)c4ccccc4Oc4ccccc43)cc12. The van der Waals surface area contributed by atoms with Gasteiger partial charge in [-0.15, -0.1) is 5.10 Å². The van der Waals surface area contributed by atoms with Gasteiger partial charge < -0.3 is 24.7 Å². The van der Waals surface area contributed by atoms with Crippen molar-refractivity contribution in [2.75, 3.05) is 16.8 Å². The molecule has 3 N–H and O–H groups in total. The molecule has 5 atom stereocenters. The van der Waals surface area contributed by atoms with Gasteiger partial charge in [0.25, 0.3) is 11.8 Å². The Morgan fingerprint density at radius 2 is 1.69 bits per heavy atom. The van der Waals surface area contributed by atoms with E-state index in [1.165, 1.54) is 0 Å². The van der Waals surface area contributed by atoms with Crippen LogP contribution in [-0.4, -0.2) is 57.7 Å². The first-order chi connectivity index (χ1) is 24.6. The molecule has 3 aliphatic rings. The molecule has 51 heavy (non-hydrogen) atoms. The summed E-state index contributed by atoms with van der Waals surface area (Å²) in [6.07, 6.45) is 1.84. The monoisotopic (exact) mass is 701 g/mol. The van der Waals surface area contributed by atoms with E-state index in [2.05, 4.69) is 15.6 Å². The molecule has 5 aromatic rings. The lowest BCUT2D eigenvalue weighted by molar-refractivity contribution is -0.143. The van der Waals surface area contributed by atoms with Gasteiger partial charge in [0.15, 0.2) is 19.7 Å². The Kier molecular flexibility index (Phi) is 8.14. The van der Waals surface area contributed by atoms with E-state index in [1.54, 1.807) is 27.8 Å². The molecule has 11 nitrogen and oxygen atoms in total. The first kappa shape index (κ1) is 33.0. The number of carbonyl (C=O) groups is 2. The number of nitrogens with zero attached hydrogens (tertiary/aromatic N) is 4.